The second-order valence-electron chi connectivity index (χ2n) is 7.82. The average molecular weight is 484 g/mol. The summed E-state index contributed by atoms with van der Waals surface area (Å²) in [4.78, 5) is 21.6. The molecule has 0 aliphatic rings. The van der Waals surface area contributed by atoms with Gasteiger partial charge in [0, 0.05) is 42.5 Å². The smallest absolute Gasteiger partial charge is 0.264 e. The zero-order chi connectivity index (χ0) is 24.4. The summed E-state index contributed by atoms with van der Waals surface area (Å²) >= 11 is 0. The first-order valence-electron chi connectivity index (χ1n) is 10.8. The molecule has 0 fully saturated rings. The minimum Gasteiger partial charge on any atom is -0.322 e. The molecule has 1 N–H and O–H groups in total. The molecule has 8 nitrogen and oxygen atoms in total. The molecule has 9 heteroatoms. The molecule has 0 radical (unpaired) electrons. The number of aromatic nitrogens is 3. The highest BCUT2D eigenvalue weighted by molar-refractivity contribution is 7.92. The van der Waals surface area contributed by atoms with Crippen LogP contribution in [0.1, 0.15) is 10.4 Å². The van der Waals surface area contributed by atoms with Gasteiger partial charge in [0.05, 0.1) is 16.3 Å². The molecule has 5 aromatic rings. The number of benzene rings is 3. The first-order valence-corrected chi connectivity index (χ1v) is 12.2. The van der Waals surface area contributed by atoms with Crippen molar-refractivity contribution in [2.75, 3.05) is 16.7 Å². The first-order chi connectivity index (χ1) is 16.9. The van der Waals surface area contributed by atoms with Crippen molar-refractivity contribution in [1.82, 2.24) is 14.4 Å². The van der Waals surface area contributed by atoms with Gasteiger partial charge >= 0.3 is 0 Å². The fraction of sp³-hybridized carbons (Fsp3) is 0.0385. The van der Waals surface area contributed by atoms with Crippen molar-refractivity contribution < 1.29 is 13.2 Å². The van der Waals surface area contributed by atoms with E-state index in [9.17, 15) is 13.2 Å². The van der Waals surface area contributed by atoms with Crippen molar-refractivity contribution in [2.45, 2.75) is 4.90 Å². The third-order valence-corrected chi connectivity index (χ3v) is 7.33. The van der Waals surface area contributed by atoms with Crippen LogP contribution in [0.15, 0.2) is 108 Å². The Labute approximate surface area is 202 Å². The van der Waals surface area contributed by atoms with Gasteiger partial charge in [-0.05, 0) is 48.5 Å². The van der Waals surface area contributed by atoms with Crippen LogP contribution in [-0.4, -0.2) is 35.7 Å². The second-order valence-corrected chi connectivity index (χ2v) is 9.79. The van der Waals surface area contributed by atoms with E-state index in [0.29, 0.717) is 17.2 Å². The van der Waals surface area contributed by atoms with E-state index in [1.807, 2.05) is 41.1 Å². The van der Waals surface area contributed by atoms with Gasteiger partial charge in [0.1, 0.15) is 0 Å². The minimum atomic E-state index is -3.83. The molecule has 0 spiro atoms. The average Bonchev–Trinajstić information content (AvgIpc) is 3.33. The molecule has 5 rings (SSSR count). The Morgan fingerprint density at radius 2 is 1.71 bits per heavy atom. The zero-order valence-electron chi connectivity index (χ0n) is 18.7. The monoisotopic (exact) mass is 483 g/mol. The van der Waals surface area contributed by atoms with Crippen LogP contribution < -0.4 is 9.62 Å². The highest BCUT2D eigenvalue weighted by Gasteiger charge is 2.22. The Kier molecular flexibility index (Phi) is 5.76. The lowest BCUT2D eigenvalue weighted by Gasteiger charge is -2.19. The molecule has 0 atom stereocenters. The molecular formula is C26H21N5O3S. The highest BCUT2D eigenvalue weighted by Crippen LogP contribution is 2.24. The molecule has 0 saturated heterocycles. The Hall–Kier alpha value is -4.50. The number of amides is 1. The van der Waals surface area contributed by atoms with E-state index in [4.69, 9.17) is 0 Å². The van der Waals surface area contributed by atoms with Crippen LogP contribution in [0, 0.1) is 0 Å². The summed E-state index contributed by atoms with van der Waals surface area (Å²) in [6, 6.07) is 23.8. The number of anilines is 2. The molecule has 0 saturated carbocycles. The number of fused-ring (bicyclic) bond motifs is 1. The molecule has 0 aliphatic heterocycles. The summed E-state index contributed by atoms with van der Waals surface area (Å²) < 4.78 is 29.2. The van der Waals surface area contributed by atoms with E-state index in [2.05, 4.69) is 15.3 Å². The van der Waals surface area contributed by atoms with Crippen LogP contribution in [0.2, 0.25) is 0 Å². The number of carbonyl (C=O) groups excluding carboxylic acids is 1. The minimum absolute atomic E-state index is 0.0345. The Bertz CT molecular complexity index is 1580. The topological polar surface area (TPSA) is 96.7 Å². The van der Waals surface area contributed by atoms with Crippen molar-refractivity contribution in [3.8, 4) is 11.3 Å². The molecule has 2 heterocycles. The lowest BCUT2D eigenvalue weighted by atomic mass is 10.1. The SMILES string of the molecule is CN(c1ccccc1)S(=O)(=O)c1cccc(C(=O)Nc2ccc(-c3cn4cccnc4n3)cc2)c1. The molecule has 174 valence electrons. The van der Waals surface area contributed by atoms with Crippen LogP contribution in [0.4, 0.5) is 11.4 Å². The number of imidazole rings is 1. The maximum absolute atomic E-state index is 13.1. The van der Waals surface area contributed by atoms with Crippen molar-refractivity contribution in [3.63, 3.8) is 0 Å². The van der Waals surface area contributed by atoms with Gasteiger partial charge in [0.15, 0.2) is 0 Å². The lowest BCUT2D eigenvalue weighted by Crippen LogP contribution is -2.26. The Morgan fingerprint density at radius 1 is 0.943 bits per heavy atom. The van der Waals surface area contributed by atoms with Crippen LogP contribution in [-0.2, 0) is 10.0 Å². The third-order valence-electron chi connectivity index (χ3n) is 5.55. The molecular weight excluding hydrogens is 462 g/mol. The van der Waals surface area contributed by atoms with Gasteiger partial charge in [-0.15, -0.1) is 0 Å². The fourth-order valence-electron chi connectivity index (χ4n) is 3.63. The number of hydrogen-bond donors (Lipinski definition) is 1. The number of hydrogen-bond acceptors (Lipinski definition) is 5. The molecule has 0 unspecified atom stereocenters. The Balaban J connectivity index is 1.33. The van der Waals surface area contributed by atoms with Crippen molar-refractivity contribution >= 4 is 33.1 Å². The van der Waals surface area contributed by atoms with Crippen molar-refractivity contribution in [2.24, 2.45) is 0 Å². The Morgan fingerprint density at radius 3 is 2.46 bits per heavy atom. The largest absolute Gasteiger partial charge is 0.322 e. The summed E-state index contributed by atoms with van der Waals surface area (Å²) in [6.07, 6.45) is 5.44. The molecule has 2 aromatic heterocycles. The number of para-hydroxylation sites is 1. The van der Waals surface area contributed by atoms with Gasteiger partial charge < -0.3 is 5.32 Å². The van der Waals surface area contributed by atoms with Crippen LogP contribution in [0.25, 0.3) is 17.0 Å². The second kappa shape index (κ2) is 9.03. The van der Waals surface area contributed by atoms with Gasteiger partial charge in [-0.3, -0.25) is 13.5 Å². The summed E-state index contributed by atoms with van der Waals surface area (Å²) in [7, 11) is -2.34. The molecule has 35 heavy (non-hydrogen) atoms. The summed E-state index contributed by atoms with van der Waals surface area (Å²) in [5.41, 5.74) is 3.00. The maximum Gasteiger partial charge on any atom is 0.264 e. The van der Waals surface area contributed by atoms with E-state index < -0.39 is 15.9 Å². The summed E-state index contributed by atoms with van der Waals surface area (Å²) in [5, 5.41) is 2.82. The number of rotatable bonds is 6. The van der Waals surface area contributed by atoms with Gasteiger partial charge in [-0.25, -0.2) is 18.4 Å². The predicted octanol–water partition coefficient (Wildman–Crippen LogP) is 4.47. The van der Waals surface area contributed by atoms with E-state index in [0.717, 1.165) is 11.3 Å². The van der Waals surface area contributed by atoms with Crippen LogP contribution in [0.5, 0.6) is 0 Å². The third kappa shape index (κ3) is 4.49. The predicted molar refractivity (Wildman–Crippen MR) is 135 cm³/mol. The highest BCUT2D eigenvalue weighted by atomic mass is 32.2. The summed E-state index contributed by atoms with van der Waals surface area (Å²) in [6.45, 7) is 0. The van der Waals surface area contributed by atoms with Gasteiger partial charge in [-0.2, -0.15) is 0 Å². The lowest BCUT2D eigenvalue weighted by molar-refractivity contribution is 0.102. The quantitative estimate of drug-likeness (QED) is 0.384. The van der Waals surface area contributed by atoms with Crippen molar-refractivity contribution in [3.05, 3.63) is 109 Å². The fourth-order valence-corrected chi connectivity index (χ4v) is 4.87. The first kappa shape index (κ1) is 22.3. The number of sulfonamides is 1. The van der Waals surface area contributed by atoms with E-state index in [1.165, 1.54) is 23.5 Å². The van der Waals surface area contributed by atoms with E-state index in [1.54, 1.807) is 54.7 Å². The van der Waals surface area contributed by atoms with Crippen molar-refractivity contribution in [1.29, 1.82) is 0 Å². The van der Waals surface area contributed by atoms with Gasteiger partial charge in [0.2, 0.25) is 5.78 Å². The molecule has 0 bridgehead atoms. The zero-order valence-corrected chi connectivity index (χ0v) is 19.6. The number of carbonyl (C=O) groups is 1. The van der Waals surface area contributed by atoms with Gasteiger partial charge in [0.25, 0.3) is 15.9 Å². The van der Waals surface area contributed by atoms with E-state index in [-0.39, 0.29) is 10.5 Å². The number of nitrogens with one attached hydrogen (secondary N) is 1. The molecule has 0 aliphatic carbocycles. The van der Waals surface area contributed by atoms with E-state index >= 15 is 0 Å². The molecule has 3 aromatic carbocycles. The molecule has 1 amide bonds. The standard InChI is InChI=1S/C26H21N5O3S/c1-30(22-8-3-2-4-9-22)35(33,34)23-10-5-7-20(17-23)25(32)28-21-13-11-19(12-14-21)24-18-31-16-6-15-27-26(31)29-24/h2-18H,1H3,(H,28,32). The summed E-state index contributed by atoms with van der Waals surface area (Å²) in [5.74, 6) is 0.196. The normalized spacial score (nSPS) is 11.3. The van der Waals surface area contributed by atoms with Crippen LogP contribution in [0.3, 0.4) is 0 Å². The van der Waals surface area contributed by atoms with Gasteiger partial charge in [-0.1, -0.05) is 36.4 Å². The number of nitrogens with zero attached hydrogens (tertiary/aromatic N) is 4. The maximum atomic E-state index is 13.1. The van der Waals surface area contributed by atoms with Crippen LogP contribution >= 0.6 is 0 Å².